The third-order valence-corrected chi connectivity index (χ3v) is 11.4. The zero-order chi connectivity index (χ0) is 29.3. The molecule has 0 bridgehead atoms. The molecule has 0 aliphatic heterocycles. The molecule has 4 rings (SSSR count). The average molecular weight is 589 g/mol. The molecule has 0 aliphatic rings. The minimum absolute atomic E-state index is 0.368. The molecule has 0 spiro atoms. The molecule has 9 heteroatoms. The van der Waals surface area contributed by atoms with Gasteiger partial charge in [0.1, 0.15) is 11.4 Å². The number of ether oxygens (including phenoxy) is 1. The fourth-order valence-corrected chi connectivity index (χ4v) is 10.1. The molecule has 0 aromatic heterocycles. The van der Waals surface area contributed by atoms with Gasteiger partial charge >= 0.3 is 16.3 Å². The van der Waals surface area contributed by atoms with Gasteiger partial charge in [-0.3, -0.25) is 0 Å². The minimum atomic E-state index is -4.60. The van der Waals surface area contributed by atoms with Crippen molar-refractivity contribution in [2.24, 2.45) is 0 Å². The molecule has 0 radical (unpaired) electrons. The van der Waals surface area contributed by atoms with E-state index in [9.17, 15) is 21.6 Å². The highest BCUT2D eigenvalue weighted by Gasteiger charge is 2.41. The first-order valence-corrected chi connectivity index (χ1v) is 15.5. The molecule has 0 saturated carbocycles. The lowest BCUT2D eigenvalue weighted by molar-refractivity contribution is -0.137. The smallest absolute Gasteiger partial charge is 0.416 e. The highest BCUT2D eigenvalue weighted by molar-refractivity contribution is 8.33. The minimum Gasteiger partial charge on any atom is -0.488 e. The number of rotatable bonds is 7. The molecule has 0 saturated heterocycles. The van der Waals surface area contributed by atoms with Crippen molar-refractivity contribution in [1.29, 1.82) is 0 Å². The molecule has 0 fully saturated rings. The van der Waals surface area contributed by atoms with Crippen LogP contribution in [0.5, 0.6) is 5.75 Å². The van der Waals surface area contributed by atoms with E-state index in [2.05, 4.69) is 0 Å². The molecule has 0 amide bonds. The normalized spacial score (nSPS) is 13.2. The van der Waals surface area contributed by atoms with Crippen LogP contribution in [-0.2, 0) is 19.9 Å². The maximum Gasteiger partial charge on any atom is 0.416 e. The van der Waals surface area contributed by atoms with Crippen molar-refractivity contribution in [3.8, 4) is 5.75 Å². The van der Waals surface area contributed by atoms with Gasteiger partial charge in [-0.1, -0.05) is 36.4 Å². The molecular weight excluding hydrogens is 557 g/mol. The molecule has 40 heavy (non-hydrogen) atoms. The highest BCUT2D eigenvalue weighted by Crippen LogP contribution is 2.72. The molecule has 4 nitrogen and oxygen atoms in total. The predicted molar refractivity (Wildman–Crippen MR) is 151 cm³/mol. The second kappa shape index (κ2) is 11.0. The second-order valence-corrected chi connectivity index (χ2v) is 14.7. The van der Waals surface area contributed by atoms with Crippen LogP contribution in [-0.4, -0.2) is 14.0 Å². The Kier molecular flexibility index (Phi) is 8.13. The van der Waals surface area contributed by atoms with E-state index >= 15 is 0 Å². The Bertz CT molecular complexity index is 1520. The van der Waals surface area contributed by atoms with Crippen molar-refractivity contribution in [3.05, 3.63) is 114 Å². The third-order valence-electron chi connectivity index (χ3n) is 5.96. The van der Waals surface area contributed by atoms with Crippen molar-refractivity contribution in [2.75, 3.05) is 0 Å². The first-order chi connectivity index (χ1) is 18.6. The Morgan fingerprint density at radius 3 is 1.50 bits per heavy atom. The second-order valence-electron chi connectivity index (χ2n) is 10.3. The summed E-state index contributed by atoms with van der Waals surface area (Å²) in [6, 6.07) is 25.1. The monoisotopic (exact) mass is 588 g/mol. The summed E-state index contributed by atoms with van der Waals surface area (Å²) >= 11 is 0. The van der Waals surface area contributed by atoms with Crippen LogP contribution in [0.4, 0.5) is 13.2 Å². The maximum absolute atomic E-state index is 13.9. The van der Waals surface area contributed by atoms with Crippen molar-refractivity contribution >= 4 is 20.4 Å². The topological polar surface area (TPSA) is 52.6 Å². The van der Waals surface area contributed by atoms with E-state index in [4.69, 9.17) is 8.37 Å². The quantitative estimate of drug-likeness (QED) is 0.216. The van der Waals surface area contributed by atoms with E-state index in [1.165, 1.54) is 0 Å². The van der Waals surface area contributed by atoms with Gasteiger partial charge < -0.3 is 4.74 Å². The van der Waals surface area contributed by atoms with E-state index < -0.39 is 37.8 Å². The number of halogens is 3. The number of alkyl halides is 3. The van der Waals surface area contributed by atoms with Gasteiger partial charge in [-0.15, -0.1) is 0 Å². The number of aryl methyl sites for hydroxylation is 2. The van der Waals surface area contributed by atoms with E-state index in [0.717, 1.165) is 35.4 Å². The summed E-state index contributed by atoms with van der Waals surface area (Å²) < 4.78 is 79.8. The Morgan fingerprint density at radius 1 is 0.650 bits per heavy atom. The van der Waals surface area contributed by atoms with E-state index in [0.29, 0.717) is 20.4 Å². The van der Waals surface area contributed by atoms with Gasteiger partial charge in [0.25, 0.3) is 0 Å². The Balaban J connectivity index is 2.00. The number of benzene rings is 4. The highest BCUT2D eigenvalue weighted by atomic mass is 32.3. The van der Waals surface area contributed by atoms with Gasteiger partial charge in [0.15, 0.2) is 0 Å². The zero-order valence-corrected chi connectivity index (χ0v) is 24.5. The number of hydrogen-bond donors (Lipinski definition) is 0. The van der Waals surface area contributed by atoms with Crippen molar-refractivity contribution in [2.45, 2.75) is 66.0 Å². The van der Waals surface area contributed by atoms with Crippen LogP contribution in [0, 0.1) is 13.8 Å². The van der Waals surface area contributed by atoms with Crippen LogP contribution in [0.3, 0.4) is 0 Å². The Hall–Kier alpha value is -3.27. The molecule has 0 N–H and O–H groups in total. The lowest BCUT2D eigenvalue weighted by atomic mass is 10.1. The van der Waals surface area contributed by atoms with Crippen molar-refractivity contribution < 1.29 is 30.0 Å². The van der Waals surface area contributed by atoms with Gasteiger partial charge in [-0.25, -0.2) is 3.63 Å². The average Bonchev–Trinajstić information content (AvgIpc) is 2.87. The molecule has 0 unspecified atom stereocenters. The van der Waals surface area contributed by atoms with Crippen molar-refractivity contribution in [1.82, 2.24) is 0 Å². The molecule has 212 valence electrons. The SMILES string of the molecule is Cc1cc(OC(C)(C)C)cc(C)c1S(OS(=O)(=O)c1ccc(C(F)(F)F)cc1)(c1ccccc1)c1ccccc1. The summed E-state index contributed by atoms with van der Waals surface area (Å²) in [7, 11) is -7.52. The van der Waals surface area contributed by atoms with Gasteiger partial charge in [0.2, 0.25) is 0 Å². The molecule has 4 aromatic carbocycles. The fraction of sp³-hybridized carbons (Fsp3) is 0.226. The third kappa shape index (κ3) is 6.22. The lowest BCUT2D eigenvalue weighted by Crippen LogP contribution is -2.23. The first kappa shape index (κ1) is 29.7. The largest absolute Gasteiger partial charge is 0.488 e. The molecule has 4 aromatic rings. The van der Waals surface area contributed by atoms with Crippen LogP contribution in [0.1, 0.15) is 37.5 Å². The summed E-state index contributed by atoms with van der Waals surface area (Å²) in [4.78, 5) is 1.54. The molecule has 0 aliphatic carbocycles. The summed E-state index contributed by atoms with van der Waals surface area (Å²) in [5, 5.41) is 0. The van der Waals surface area contributed by atoms with Gasteiger partial charge in [-0.2, -0.15) is 21.6 Å². The summed E-state index contributed by atoms with van der Waals surface area (Å²) in [6.07, 6.45) is -4.60. The van der Waals surface area contributed by atoms with E-state index in [-0.39, 0.29) is 4.90 Å². The standard InChI is InChI=1S/C31H31F3O4S2/c1-22-20-25(37-30(3,4)5)21-23(2)29(22)39(26-12-8-6-9-13-26,27-14-10-7-11-15-27)38-40(35,36)28-18-16-24(17-19-28)31(32,33)34/h6-21H,1-5H3. The molecule has 0 heterocycles. The first-order valence-electron chi connectivity index (χ1n) is 12.5. The predicted octanol–water partition coefficient (Wildman–Crippen LogP) is 9.10. The van der Waals surface area contributed by atoms with Crippen LogP contribution >= 0.6 is 10.3 Å². The summed E-state index contributed by atoms with van der Waals surface area (Å²) in [5.41, 5.74) is 0.109. The Labute approximate surface area is 235 Å². The fourth-order valence-electron chi connectivity index (χ4n) is 4.47. The summed E-state index contributed by atoms with van der Waals surface area (Å²) in [5.74, 6) is 0.631. The van der Waals surface area contributed by atoms with E-state index in [1.807, 2.05) is 83.1 Å². The van der Waals surface area contributed by atoms with Gasteiger partial charge in [0, 0.05) is 14.7 Å². The van der Waals surface area contributed by atoms with Gasteiger partial charge in [0.05, 0.1) is 10.5 Å². The lowest BCUT2D eigenvalue weighted by Gasteiger charge is -2.41. The van der Waals surface area contributed by atoms with E-state index in [1.54, 1.807) is 24.3 Å². The van der Waals surface area contributed by atoms with Crippen LogP contribution < -0.4 is 4.74 Å². The van der Waals surface area contributed by atoms with Crippen LogP contribution in [0.2, 0.25) is 0 Å². The van der Waals surface area contributed by atoms with Crippen LogP contribution in [0.25, 0.3) is 0 Å². The molecular formula is C31H31F3O4S2. The zero-order valence-electron chi connectivity index (χ0n) is 22.8. The van der Waals surface area contributed by atoms with Crippen LogP contribution in [0.15, 0.2) is 117 Å². The Morgan fingerprint density at radius 2 is 1.10 bits per heavy atom. The molecule has 0 atom stereocenters. The maximum atomic E-state index is 13.9. The number of hydrogen-bond acceptors (Lipinski definition) is 4. The van der Waals surface area contributed by atoms with Crippen molar-refractivity contribution in [3.63, 3.8) is 0 Å². The van der Waals surface area contributed by atoms with Gasteiger partial charge in [-0.05, 0) is 117 Å². The summed E-state index contributed by atoms with van der Waals surface area (Å²) in [6.45, 7) is 9.57.